The summed E-state index contributed by atoms with van der Waals surface area (Å²) >= 11 is 0. The number of fused-ring (bicyclic) bond motifs is 1. The molecular formula is C28H33N7O3. The van der Waals surface area contributed by atoms with Gasteiger partial charge in [-0.1, -0.05) is 19.4 Å². The quantitative estimate of drug-likeness (QED) is 0.352. The van der Waals surface area contributed by atoms with E-state index in [1.165, 1.54) is 18.9 Å². The van der Waals surface area contributed by atoms with Crippen LogP contribution in [-0.4, -0.2) is 69.4 Å². The zero-order valence-electron chi connectivity index (χ0n) is 22.0. The van der Waals surface area contributed by atoms with Crippen LogP contribution in [0, 0.1) is 11.8 Å². The van der Waals surface area contributed by atoms with Gasteiger partial charge in [-0.05, 0) is 55.9 Å². The van der Waals surface area contributed by atoms with Gasteiger partial charge in [-0.25, -0.2) is 9.67 Å². The van der Waals surface area contributed by atoms with Crippen molar-refractivity contribution in [2.24, 2.45) is 5.73 Å². The Kier molecular flexibility index (Phi) is 6.71. The van der Waals surface area contributed by atoms with Crippen molar-refractivity contribution >= 4 is 28.7 Å². The van der Waals surface area contributed by atoms with Crippen molar-refractivity contribution < 1.29 is 14.3 Å². The predicted molar refractivity (Wildman–Crippen MR) is 145 cm³/mol. The first-order chi connectivity index (χ1) is 18.4. The number of carbonyl (C=O) groups is 2. The third kappa shape index (κ3) is 4.33. The molecule has 0 spiro atoms. The smallest absolute Gasteiger partial charge is 0.255 e. The molecule has 0 radical (unpaired) electrons. The third-order valence-electron chi connectivity index (χ3n) is 7.65. The first-order valence-corrected chi connectivity index (χ1v) is 12.9. The average molecular weight is 516 g/mol. The molecule has 2 amide bonds. The Morgan fingerprint density at radius 1 is 1.34 bits per heavy atom. The summed E-state index contributed by atoms with van der Waals surface area (Å²) < 4.78 is 9.41. The molecule has 2 atom stereocenters. The van der Waals surface area contributed by atoms with E-state index in [2.05, 4.69) is 33.3 Å². The molecule has 198 valence electrons. The van der Waals surface area contributed by atoms with E-state index >= 15 is 0 Å². The Bertz CT molecular complexity index is 1470. The standard InChI is InChI=1S/C28H33N7O3/c1-5-24(36)33-16-28(6-2,14-20(33)15-38-4)35-27(30-3)25(26(29)37)21(32-35)11-7-18-8-12-23-22(13-18)31-17-34(23)19-9-10-19/h5,8,12-13,17,19-20,30H,1,6,9-10,14-16H2,2-4H3,(H2,29,37)/t20-,28+/m1/s1. The predicted octanol–water partition coefficient (Wildman–Crippen LogP) is 2.65. The SMILES string of the molecule is C=CC(=O)N1C[C@@](CC)(n2nc(C#Cc3ccc4c(c3)ncn4C3CC3)c(C(N)=O)c2NC)C[C@@H]1COC. The van der Waals surface area contributed by atoms with Crippen LogP contribution in [0.15, 0.2) is 37.2 Å². The molecule has 3 N–H and O–H groups in total. The molecule has 10 nitrogen and oxygen atoms in total. The van der Waals surface area contributed by atoms with Gasteiger partial charge in [-0.15, -0.1) is 0 Å². The van der Waals surface area contributed by atoms with E-state index in [-0.39, 0.29) is 23.2 Å². The summed E-state index contributed by atoms with van der Waals surface area (Å²) in [6.45, 7) is 6.47. The molecule has 2 fully saturated rings. The zero-order valence-corrected chi connectivity index (χ0v) is 22.0. The first-order valence-electron chi connectivity index (χ1n) is 12.9. The monoisotopic (exact) mass is 515 g/mol. The van der Waals surface area contributed by atoms with E-state index in [0.29, 0.717) is 37.9 Å². The topological polar surface area (TPSA) is 120 Å². The van der Waals surface area contributed by atoms with Gasteiger partial charge in [0.15, 0.2) is 5.69 Å². The molecule has 1 saturated heterocycles. The number of nitrogens with one attached hydrogen (secondary N) is 1. The van der Waals surface area contributed by atoms with Crippen molar-refractivity contribution in [2.45, 2.75) is 50.2 Å². The van der Waals surface area contributed by atoms with E-state index < -0.39 is 11.4 Å². The number of imidazole rings is 1. The third-order valence-corrected chi connectivity index (χ3v) is 7.65. The van der Waals surface area contributed by atoms with E-state index in [0.717, 1.165) is 16.6 Å². The van der Waals surface area contributed by atoms with Crippen LogP contribution < -0.4 is 11.1 Å². The number of methoxy groups -OCH3 is 1. The molecule has 2 aromatic heterocycles. The highest BCUT2D eigenvalue weighted by Gasteiger charge is 2.48. The summed E-state index contributed by atoms with van der Waals surface area (Å²) in [5.41, 5.74) is 8.50. The minimum Gasteiger partial charge on any atom is -0.383 e. The van der Waals surface area contributed by atoms with Gasteiger partial charge in [0.25, 0.3) is 5.91 Å². The van der Waals surface area contributed by atoms with E-state index in [1.54, 1.807) is 23.7 Å². The highest BCUT2D eigenvalue weighted by atomic mass is 16.5. The minimum atomic E-state index is -0.625. The van der Waals surface area contributed by atoms with Crippen LogP contribution in [-0.2, 0) is 15.1 Å². The summed E-state index contributed by atoms with van der Waals surface area (Å²) in [5.74, 6) is 5.91. The number of amides is 2. The molecule has 0 bridgehead atoms. The Labute approximate surface area is 221 Å². The maximum atomic E-state index is 12.7. The largest absolute Gasteiger partial charge is 0.383 e. The lowest BCUT2D eigenvalue weighted by Crippen LogP contribution is -2.40. The second-order valence-electron chi connectivity index (χ2n) is 10.00. The van der Waals surface area contributed by atoms with Crippen molar-refractivity contribution in [1.29, 1.82) is 0 Å². The molecule has 3 aromatic rings. The summed E-state index contributed by atoms with van der Waals surface area (Å²) in [5, 5.41) is 7.92. The van der Waals surface area contributed by atoms with Crippen LogP contribution >= 0.6 is 0 Å². The van der Waals surface area contributed by atoms with Gasteiger partial charge in [0, 0.05) is 32.3 Å². The number of ether oxygens (including phenoxy) is 1. The summed E-state index contributed by atoms with van der Waals surface area (Å²) in [4.78, 5) is 31.6. The van der Waals surface area contributed by atoms with E-state index in [9.17, 15) is 9.59 Å². The van der Waals surface area contributed by atoms with Crippen LogP contribution in [0.4, 0.5) is 5.82 Å². The minimum absolute atomic E-state index is 0.159. The maximum absolute atomic E-state index is 12.7. The normalized spacial score (nSPS) is 20.8. The van der Waals surface area contributed by atoms with Crippen molar-refractivity contribution in [1.82, 2.24) is 24.2 Å². The number of rotatable bonds is 8. The van der Waals surface area contributed by atoms with Gasteiger partial charge in [-0.2, -0.15) is 5.10 Å². The lowest BCUT2D eigenvalue weighted by atomic mass is 9.93. The van der Waals surface area contributed by atoms with Crippen molar-refractivity contribution in [3.05, 3.63) is 54.0 Å². The number of hydrogen-bond acceptors (Lipinski definition) is 6. The fourth-order valence-corrected chi connectivity index (χ4v) is 5.53. The van der Waals surface area contributed by atoms with Crippen molar-refractivity contribution in [3.8, 4) is 11.8 Å². The number of aromatic nitrogens is 4. The number of likely N-dealkylation sites (tertiary alicyclic amines) is 1. The lowest BCUT2D eigenvalue weighted by Gasteiger charge is -2.30. The Morgan fingerprint density at radius 2 is 2.13 bits per heavy atom. The number of nitrogens with two attached hydrogens (primary N) is 1. The van der Waals surface area contributed by atoms with E-state index in [1.807, 2.05) is 31.5 Å². The fraction of sp³-hybridized carbons (Fsp3) is 0.429. The molecule has 3 heterocycles. The van der Waals surface area contributed by atoms with Crippen LogP contribution in [0.2, 0.25) is 0 Å². The van der Waals surface area contributed by atoms with Crippen LogP contribution in [0.3, 0.4) is 0 Å². The van der Waals surface area contributed by atoms with Gasteiger partial charge < -0.3 is 25.3 Å². The Morgan fingerprint density at radius 3 is 2.76 bits per heavy atom. The lowest BCUT2D eigenvalue weighted by molar-refractivity contribution is -0.127. The van der Waals surface area contributed by atoms with Gasteiger partial charge in [0.05, 0.1) is 35.5 Å². The molecule has 2 aliphatic rings. The molecule has 38 heavy (non-hydrogen) atoms. The molecule has 1 saturated carbocycles. The Hall–Kier alpha value is -4.10. The van der Waals surface area contributed by atoms with Crippen LogP contribution in [0.5, 0.6) is 0 Å². The Balaban J connectivity index is 1.55. The summed E-state index contributed by atoms with van der Waals surface area (Å²) in [7, 11) is 3.33. The van der Waals surface area contributed by atoms with Crippen LogP contribution in [0.1, 0.15) is 60.3 Å². The number of hydrogen-bond donors (Lipinski definition) is 2. The fourth-order valence-electron chi connectivity index (χ4n) is 5.53. The highest BCUT2D eigenvalue weighted by Crippen LogP contribution is 2.40. The van der Waals surface area contributed by atoms with Gasteiger partial charge in [0.2, 0.25) is 5.91 Å². The van der Waals surface area contributed by atoms with Crippen LogP contribution in [0.25, 0.3) is 11.0 Å². The molecule has 1 aliphatic heterocycles. The maximum Gasteiger partial charge on any atom is 0.255 e. The van der Waals surface area contributed by atoms with Crippen molar-refractivity contribution in [2.75, 3.05) is 32.6 Å². The average Bonchev–Trinajstić information content (AvgIpc) is 3.40. The first kappa shape index (κ1) is 25.5. The number of carbonyl (C=O) groups excluding carboxylic acids is 2. The summed E-state index contributed by atoms with van der Waals surface area (Å²) in [6, 6.07) is 6.31. The van der Waals surface area contributed by atoms with Gasteiger partial charge >= 0.3 is 0 Å². The molecule has 1 aromatic carbocycles. The second kappa shape index (κ2) is 9.99. The molecule has 5 rings (SSSR count). The van der Waals surface area contributed by atoms with E-state index in [4.69, 9.17) is 15.6 Å². The van der Waals surface area contributed by atoms with Gasteiger partial charge in [-0.3, -0.25) is 9.59 Å². The highest BCUT2D eigenvalue weighted by molar-refractivity contribution is 6.00. The van der Waals surface area contributed by atoms with Crippen molar-refractivity contribution in [3.63, 3.8) is 0 Å². The zero-order chi connectivity index (χ0) is 27.0. The summed E-state index contributed by atoms with van der Waals surface area (Å²) in [6.07, 6.45) is 6.82. The molecular weight excluding hydrogens is 482 g/mol. The molecule has 0 unspecified atom stereocenters. The number of primary amides is 1. The number of anilines is 1. The number of benzene rings is 1. The molecule has 10 heteroatoms. The van der Waals surface area contributed by atoms with Gasteiger partial charge in [0.1, 0.15) is 11.4 Å². The molecule has 1 aliphatic carbocycles. The number of nitrogens with zero attached hydrogens (tertiary/aromatic N) is 5. The second-order valence-corrected chi connectivity index (χ2v) is 10.00.